The van der Waals surface area contributed by atoms with Gasteiger partial charge in [-0.3, -0.25) is 10.6 Å². The monoisotopic (exact) mass is 366 g/mol. The molecular weight excluding hydrogens is 344 g/mol. The largest absolute Gasteiger partial charge is 0.384 e. The number of amides is 2. The van der Waals surface area contributed by atoms with Gasteiger partial charge in [-0.2, -0.15) is 0 Å². The van der Waals surface area contributed by atoms with Gasteiger partial charge in [0, 0.05) is 35.0 Å². The van der Waals surface area contributed by atoms with Gasteiger partial charge in [0.05, 0.1) is 0 Å². The zero-order valence-electron chi connectivity index (χ0n) is 15.7. The first-order chi connectivity index (χ1) is 12.7. The van der Waals surface area contributed by atoms with E-state index in [1.165, 1.54) is 0 Å². The minimum atomic E-state index is -0.447. The topological polar surface area (TPSA) is 119 Å². The van der Waals surface area contributed by atoms with Crippen LogP contribution in [-0.4, -0.2) is 21.2 Å². The quantitative estimate of drug-likeness (QED) is 0.645. The third kappa shape index (κ3) is 4.41. The number of aryl methyl sites for hydroxylation is 1. The molecule has 0 spiro atoms. The lowest BCUT2D eigenvalue weighted by Gasteiger charge is -2.12. The number of anilines is 3. The van der Waals surface area contributed by atoms with Gasteiger partial charge >= 0.3 is 6.03 Å². The molecule has 3 rings (SSSR count). The first-order valence-corrected chi connectivity index (χ1v) is 8.46. The number of aromatic nitrogens is 3. The zero-order chi connectivity index (χ0) is 19.6. The van der Waals surface area contributed by atoms with E-state index in [1.807, 2.05) is 33.8 Å². The molecule has 2 amide bonds. The highest BCUT2D eigenvalue weighted by Gasteiger charge is 2.20. The van der Waals surface area contributed by atoms with Crippen molar-refractivity contribution in [3.63, 3.8) is 0 Å². The number of hydrogen-bond donors (Lipinski definition) is 3. The summed E-state index contributed by atoms with van der Waals surface area (Å²) < 4.78 is 5.25. The molecule has 0 aromatic carbocycles. The van der Waals surface area contributed by atoms with Crippen molar-refractivity contribution >= 4 is 23.5 Å². The zero-order valence-corrected chi connectivity index (χ0v) is 15.7. The Morgan fingerprint density at radius 1 is 1.07 bits per heavy atom. The van der Waals surface area contributed by atoms with Gasteiger partial charge in [0.25, 0.3) is 0 Å². The average molecular weight is 366 g/mol. The third-order valence-corrected chi connectivity index (χ3v) is 3.94. The molecule has 8 nitrogen and oxygen atoms in total. The fourth-order valence-electron chi connectivity index (χ4n) is 2.44. The fraction of sp³-hybridized carbons (Fsp3) is 0.263. The van der Waals surface area contributed by atoms with Crippen molar-refractivity contribution < 1.29 is 9.32 Å². The lowest BCUT2D eigenvalue weighted by molar-refractivity contribution is 0.261. The van der Waals surface area contributed by atoms with Crippen LogP contribution in [0.4, 0.5) is 22.2 Å². The normalized spacial score (nSPS) is 11.3. The maximum Gasteiger partial charge on any atom is 0.326 e. The summed E-state index contributed by atoms with van der Waals surface area (Å²) in [6.07, 6.45) is 3.38. The Morgan fingerprint density at radius 3 is 2.41 bits per heavy atom. The molecule has 27 heavy (non-hydrogen) atoms. The Labute approximate surface area is 157 Å². The summed E-state index contributed by atoms with van der Waals surface area (Å²) in [7, 11) is 0. The molecule has 3 aromatic rings. The summed E-state index contributed by atoms with van der Waals surface area (Å²) in [5, 5.41) is 9.18. The number of urea groups is 1. The van der Waals surface area contributed by atoms with Crippen molar-refractivity contribution in [2.75, 3.05) is 16.4 Å². The maximum absolute atomic E-state index is 12.2. The van der Waals surface area contributed by atoms with Crippen molar-refractivity contribution in [2.45, 2.75) is 33.1 Å². The van der Waals surface area contributed by atoms with Gasteiger partial charge in [0.1, 0.15) is 17.4 Å². The van der Waals surface area contributed by atoms with Gasteiger partial charge in [-0.1, -0.05) is 25.9 Å². The lowest BCUT2D eigenvalue weighted by atomic mass is 9.93. The Kier molecular flexibility index (Phi) is 4.81. The van der Waals surface area contributed by atoms with Crippen LogP contribution in [-0.2, 0) is 5.41 Å². The SMILES string of the molecule is Cc1cc(NC(=O)Nc2cc(C(C)(C)C)on2)ncc1-c1ccc(N)nc1. The number of nitrogens with one attached hydrogen (secondary N) is 2. The molecule has 0 atom stereocenters. The van der Waals surface area contributed by atoms with E-state index in [0.717, 1.165) is 16.7 Å². The van der Waals surface area contributed by atoms with Crippen LogP contribution >= 0.6 is 0 Å². The second-order valence-electron chi connectivity index (χ2n) is 7.26. The van der Waals surface area contributed by atoms with Crippen molar-refractivity contribution in [3.8, 4) is 11.1 Å². The van der Waals surface area contributed by atoms with E-state index in [2.05, 4.69) is 25.8 Å². The predicted molar refractivity (Wildman–Crippen MR) is 104 cm³/mol. The smallest absolute Gasteiger partial charge is 0.326 e. The van der Waals surface area contributed by atoms with E-state index in [1.54, 1.807) is 30.6 Å². The standard InChI is InChI=1S/C19H22N6O2/c1-11-7-16(22-10-13(11)12-5-6-15(20)21-9-12)23-18(26)24-17-8-14(27-25-17)19(2,3)4/h5-10H,1-4H3,(H2,20,21)(H2,22,23,24,25,26). The molecule has 0 unspecified atom stereocenters. The number of rotatable bonds is 3. The van der Waals surface area contributed by atoms with E-state index < -0.39 is 6.03 Å². The molecule has 3 aromatic heterocycles. The number of hydrogen-bond acceptors (Lipinski definition) is 6. The minimum absolute atomic E-state index is 0.186. The number of nitrogens with zero attached hydrogens (tertiary/aromatic N) is 3. The summed E-state index contributed by atoms with van der Waals surface area (Å²) in [5.41, 5.74) is 8.20. The highest BCUT2D eigenvalue weighted by Crippen LogP contribution is 2.25. The molecule has 3 heterocycles. The van der Waals surface area contributed by atoms with Crippen molar-refractivity contribution in [3.05, 3.63) is 48.0 Å². The number of carbonyl (C=O) groups excluding carboxylic acids is 1. The van der Waals surface area contributed by atoms with Crippen LogP contribution in [0.25, 0.3) is 11.1 Å². The van der Waals surface area contributed by atoms with Crippen LogP contribution in [0.5, 0.6) is 0 Å². The lowest BCUT2D eigenvalue weighted by Crippen LogP contribution is -2.20. The number of nitrogen functional groups attached to an aromatic ring is 1. The van der Waals surface area contributed by atoms with Crippen LogP contribution in [0.1, 0.15) is 32.1 Å². The second-order valence-corrected chi connectivity index (χ2v) is 7.26. The summed E-state index contributed by atoms with van der Waals surface area (Å²) in [4.78, 5) is 20.6. The van der Waals surface area contributed by atoms with Crippen molar-refractivity contribution in [1.29, 1.82) is 0 Å². The maximum atomic E-state index is 12.2. The molecule has 8 heteroatoms. The minimum Gasteiger partial charge on any atom is -0.384 e. The van der Waals surface area contributed by atoms with Crippen molar-refractivity contribution in [1.82, 2.24) is 15.1 Å². The highest BCUT2D eigenvalue weighted by atomic mass is 16.5. The van der Waals surface area contributed by atoms with E-state index in [4.69, 9.17) is 10.3 Å². The summed E-state index contributed by atoms with van der Waals surface area (Å²) in [6, 6.07) is 6.66. The number of carbonyl (C=O) groups is 1. The molecule has 0 radical (unpaired) electrons. The van der Waals surface area contributed by atoms with Gasteiger partial charge in [0.2, 0.25) is 0 Å². The molecule has 0 aliphatic heterocycles. The first kappa shape index (κ1) is 18.4. The Hall–Kier alpha value is -3.42. The Balaban J connectivity index is 1.68. The molecule has 0 saturated heterocycles. The van der Waals surface area contributed by atoms with Crippen LogP contribution < -0.4 is 16.4 Å². The van der Waals surface area contributed by atoms with Gasteiger partial charge in [-0.15, -0.1) is 0 Å². The highest BCUT2D eigenvalue weighted by molar-refractivity contribution is 5.98. The van der Waals surface area contributed by atoms with Crippen LogP contribution in [0, 0.1) is 6.92 Å². The predicted octanol–water partition coefficient (Wildman–Crippen LogP) is 3.96. The van der Waals surface area contributed by atoms with Gasteiger partial charge < -0.3 is 10.3 Å². The van der Waals surface area contributed by atoms with E-state index in [9.17, 15) is 4.79 Å². The van der Waals surface area contributed by atoms with E-state index in [0.29, 0.717) is 23.2 Å². The number of nitrogens with two attached hydrogens (primary N) is 1. The molecule has 0 saturated carbocycles. The molecule has 0 bridgehead atoms. The van der Waals surface area contributed by atoms with E-state index in [-0.39, 0.29) is 5.41 Å². The second kappa shape index (κ2) is 7.06. The molecule has 0 aliphatic rings. The first-order valence-electron chi connectivity index (χ1n) is 8.46. The number of pyridine rings is 2. The van der Waals surface area contributed by atoms with Crippen LogP contribution in [0.15, 0.2) is 41.2 Å². The molecular formula is C19H22N6O2. The molecule has 0 fully saturated rings. The van der Waals surface area contributed by atoms with Crippen molar-refractivity contribution in [2.24, 2.45) is 0 Å². The van der Waals surface area contributed by atoms with Gasteiger partial charge in [-0.05, 0) is 30.7 Å². The van der Waals surface area contributed by atoms with Crippen LogP contribution in [0.2, 0.25) is 0 Å². The molecule has 140 valence electrons. The Bertz CT molecular complexity index is 957. The molecule has 0 aliphatic carbocycles. The Morgan fingerprint density at radius 2 is 1.81 bits per heavy atom. The summed E-state index contributed by atoms with van der Waals surface area (Å²) >= 11 is 0. The summed E-state index contributed by atoms with van der Waals surface area (Å²) in [6.45, 7) is 7.94. The van der Waals surface area contributed by atoms with Gasteiger partial charge in [0.15, 0.2) is 5.82 Å². The third-order valence-electron chi connectivity index (χ3n) is 3.94. The molecule has 4 N–H and O–H groups in total. The fourth-order valence-corrected chi connectivity index (χ4v) is 2.44. The summed E-state index contributed by atoms with van der Waals surface area (Å²) in [5.74, 6) is 1.92. The van der Waals surface area contributed by atoms with Gasteiger partial charge in [-0.25, -0.2) is 14.8 Å². The van der Waals surface area contributed by atoms with E-state index >= 15 is 0 Å². The average Bonchev–Trinajstić information content (AvgIpc) is 3.05. The van der Waals surface area contributed by atoms with Crippen LogP contribution in [0.3, 0.4) is 0 Å².